The van der Waals surface area contributed by atoms with Crippen molar-refractivity contribution in [1.29, 1.82) is 0 Å². The van der Waals surface area contributed by atoms with E-state index in [1.807, 2.05) is 19.9 Å². The van der Waals surface area contributed by atoms with Gasteiger partial charge in [-0.3, -0.25) is 4.79 Å². The number of aliphatic hydroxyl groups excluding tert-OH is 1. The minimum Gasteiger partial charge on any atom is -0.509 e. The van der Waals surface area contributed by atoms with Crippen LogP contribution in [0.2, 0.25) is 5.02 Å². The van der Waals surface area contributed by atoms with Gasteiger partial charge in [-0.1, -0.05) is 17.7 Å². The average Bonchev–Trinajstić information content (AvgIpc) is 2.62. The number of hydrogen-bond acceptors (Lipinski definition) is 4. The Balaban J connectivity index is 2.59. The van der Waals surface area contributed by atoms with Crippen LogP contribution in [-0.2, 0) is 14.4 Å². The molecule has 5 nitrogen and oxygen atoms in total. The lowest BCUT2D eigenvalue weighted by Crippen LogP contribution is -2.43. The molecule has 0 spiro atoms. The zero-order valence-corrected chi connectivity index (χ0v) is 14.1. The predicted molar refractivity (Wildman–Crippen MR) is 84.4 cm³/mol. The van der Waals surface area contributed by atoms with E-state index in [4.69, 9.17) is 21.2 Å². The molecule has 0 aliphatic carbocycles. The van der Waals surface area contributed by atoms with E-state index in [-0.39, 0.29) is 18.1 Å². The molecule has 1 N–H and O–H groups in total. The van der Waals surface area contributed by atoms with Gasteiger partial charge >= 0.3 is 0 Å². The number of aryl methyl sites for hydroxylation is 1. The third kappa shape index (κ3) is 2.49. The van der Waals surface area contributed by atoms with E-state index in [2.05, 4.69) is 0 Å². The van der Waals surface area contributed by atoms with Gasteiger partial charge in [0.1, 0.15) is 11.3 Å². The highest BCUT2D eigenvalue weighted by molar-refractivity contribution is 6.32. The summed E-state index contributed by atoms with van der Waals surface area (Å²) in [5.41, 5.74) is 1.50. The van der Waals surface area contributed by atoms with E-state index in [1.54, 1.807) is 19.9 Å². The van der Waals surface area contributed by atoms with Crippen LogP contribution in [0.25, 0.3) is 5.57 Å². The van der Waals surface area contributed by atoms with Crippen molar-refractivity contribution in [3.63, 3.8) is 0 Å². The lowest BCUT2D eigenvalue weighted by Gasteiger charge is -2.30. The molecule has 0 fully saturated rings. The molecule has 0 saturated carbocycles. The monoisotopic (exact) mass is 325 g/mol. The summed E-state index contributed by atoms with van der Waals surface area (Å²) in [5, 5.41) is 12.3. The number of ether oxygens (including phenoxy) is 1. The molecule has 1 amide bonds. The Kier molecular flexibility index (Phi) is 4.52. The minimum atomic E-state index is -0.980. The first-order chi connectivity index (χ1) is 10.2. The normalized spacial score (nSPS) is 17.5. The van der Waals surface area contributed by atoms with Gasteiger partial charge < -0.3 is 9.84 Å². The number of nitrogens with zero attached hydrogens (tertiary/aromatic N) is 1. The molecule has 1 aromatic rings. The van der Waals surface area contributed by atoms with E-state index < -0.39 is 11.4 Å². The van der Waals surface area contributed by atoms with Crippen LogP contribution < -0.4 is 0 Å². The molecule has 0 aromatic heterocycles. The van der Waals surface area contributed by atoms with Gasteiger partial charge in [-0.25, -0.2) is 9.90 Å². The number of aliphatic hydroxyl groups is 1. The van der Waals surface area contributed by atoms with Gasteiger partial charge in [0.05, 0.1) is 5.57 Å². The van der Waals surface area contributed by atoms with Gasteiger partial charge in [-0.2, -0.15) is 0 Å². The Morgan fingerprint density at radius 1 is 1.32 bits per heavy atom. The van der Waals surface area contributed by atoms with Gasteiger partial charge in [-0.15, -0.1) is 0 Å². The molecule has 0 radical (unpaired) electrons. The molecule has 0 saturated heterocycles. The molecular weight excluding hydrogens is 306 g/mol. The first-order valence-electron chi connectivity index (χ1n) is 6.89. The SMILES string of the molecule is COCON1C(=O)C(c2c(C)ccc(Cl)c2C)=C(O)C1(C)C. The lowest BCUT2D eigenvalue weighted by molar-refractivity contribution is -0.238. The molecule has 6 heteroatoms. The zero-order chi connectivity index (χ0) is 16.7. The number of carbonyl (C=O) groups is 1. The fraction of sp³-hybridized carbons (Fsp3) is 0.438. The molecule has 1 aliphatic rings. The summed E-state index contributed by atoms with van der Waals surface area (Å²) < 4.78 is 4.85. The Morgan fingerprint density at radius 3 is 2.55 bits per heavy atom. The fourth-order valence-corrected chi connectivity index (χ4v) is 2.77. The highest BCUT2D eigenvalue weighted by Gasteiger charge is 2.48. The molecular formula is C16H20ClNO4. The van der Waals surface area contributed by atoms with E-state index in [9.17, 15) is 9.90 Å². The zero-order valence-electron chi connectivity index (χ0n) is 13.4. The van der Waals surface area contributed by atoms with Crippen molar-refractivity contribution in [3.8, 4) is 0 Å². The van der Waals surface area contributed by atoms with Crippen molar-refractivity contribution in [2.24, 2.45) is 0 Å². The predicted octanol–water partition coefficient (Wildman–Crippen LogP) is 3.38. The van der Waals surface area contributed by atoms with Crippen LogP contribution in [0.1, 0.15) is 30.5 Å². The Bertz CT molecular complexity index is 652. The molecule has 0 atom stereocenters. The maximum absolute atomic E-state index is 12.7. The van der Waals surface area contributed by atoms with Gasteiger partial charge in [0.2, 0.25) is 0 Å². The van der Waals surface area contributed by atoms with Crippen molar-refractivity contribution >= 4 is 23.1 Å². The standard InChI is InChI=1S/C16H20ClNO4/c1-9-6-7-11(17)10(2)12(9)13-14(19)16(3,4)18(15(13)20)22-8-21-5/h6-7,19H,8H2,1-5H3. The molecule has 2 rings (SSSR count). The molecule has 1 aromatic carbocycles. The lowest BCUT2D eigenvalue weighted by atomic mass is 9.93. The summed E-state index contributed by atoms with van der Waals surface area (Å²) in [6.45, 7) is 7.03. The average molecular weight is 326 g/mol. The number of carbonyl (C=O) groups excluding carboxylic acids is 1. The fourth-order valence-electron chi connectivity index (χ4n) is 2.62. The van der Waals surface area contributed by atoms with Crippen LogP contribution in [0.4, 0.5) is 0 Å². The quantitative estimate of drug-likeness (QED) is 0.862. The van der Waals surface area contributed by atoms with Crippen LogP contribution in [0.15, 0.2) is 17.9 Å². The second-order valence-corrected chi connectivity index (χ2v) is 6.19. The summed E-state index contributed by atoms with van der Waals surface area (Å²) in [4.78, 5) is 18.1. The number of benzene rings is 1. The van der Waals surface area contributed by atoms with Crippen LogP contribution >= 0.6 is 11.6 Å². The number of amides is 1. The van der Waals surface area contributed by atoms with Crippen molar-refractivity contribution in [2.45, 2.75) is 33.2 Å². The van der Waals surface area contributed by atoms with E-state index >= 15 is 0 Å². The summed E-state index contributed by atoms with van der Waals surface area (Å²) in [6, 6.07) is 3.60. The first kappa shape index (κ1) is 16.8. The van der Waals surface area contributed by atoms with Crippen molar-refractivity contribution in [3.05, 3.63) is 39.6 Å². The number of rotatable bonds is 4. The number of hydrogen-bond donors (Lipinski definition) is 1. The largest absolute Gasteiger partial charge is 0.509 e. The highest BCUT2D eigenvalue weighted by atomic mass is 35.5. The minimum absolute atomic E-state index is 0.0398. The van der Waals surface area contributed by atoms with Gasteiger partial charge in [-0.05, 0) is 50.5 Å². The topological polar surface area (TPSA) is 59.0 Å². The van der Waals surface area contributed by atoms with E-state index in [0.29, 0.717) is 10.6 Å². The number of methoxy groups -OCH3 is 1. The molecule has 1 aliphatic heterocycles. The van der Waals surface area contributed by atoms with Gasteiger partial charge in [0, 0.05) is 12.1 Å². The van der Waals surface area contributed by atoms with E-state index in [0.717, 1.165) is 16.2 Å². The summed E-state index contributed by atoms with van der Waals surface area (Å²) in [5.74, 6) is -0.449. The van der Waals surface area contributed by atoms with Crippen molar-refractivity contribution in [1.82, 2.24) is 5.06 Å². The van der Waals surface area contributed by atoms with E-state index in [1.165, 1.54) is 7.11 Å². The Labute approximate surface area is 135 Å². The first-order valence-corrected chi connectivity index (χ1v) is 7.27. The Morgan fingerprint density at radius 2 is 1.95 bits per heavy atom. The smallest absolute Gasteiger partial charge is 0.282 e. The van der Waals surface area contributed by atoms with Gasteiger partial charge in [0.15, 0.2) is 6.79 Å². The third-order valence-electron chi connectivity index (χ3n) is 3.88. The molecule has 0 unspecified atom stereocenters. The van der Waals surface area contributed by atoms with Crippen LogP contribution in [0.5, 0.6) is 0 Å². The second kappa shape index (κ2) is 5.91. The molecule has 0 bridgehead atoms. The number of halogens is 1. The van der Waals surface area contributed by atoms with Gasteiger partial charge in [0.25, 0.3) is 5.91 Å². The summed E-state index contributed by atoms with van der Waals surface area (Å²) in [7, 11) is 1.47. The molecule has 1 heterocycles. The second-order valence-electron chi connectivity index (χ2n) is 5.78. The molecule has 120 valence electrons. The maximum Gasteiger partial charge on any atom is 0.282 e. The van der Waals surface area contributed by atoms with Crippen molar-refractivity contribution < 1.29 is 19.5 Å². The van der Waals surface area contributed by atoms with Crippen molar-refractivity contribution in [2.75, 3.05) is 13.9 Å². The maximum atomic E-state index is 12.7. The summed E-state index contributed by atoms with van der Waals surface area (Å²) >= 11 is 6.17. The summed E-state index contributed by atoms with van der Waals surface area (Å²) in [6.07, 6.45) is 0. The van der Waals surface area contributed by atoms with Crippen LogP contribution in [0, 0.1) is 13.8 Å². The van der Waals surface area contributed by atoms with Crippen LogP contribution in [0.3, 0.4) is 0 Å². The highest BCUT2D eigenvalue weighted by Crippen LogP contribution is 2.41. The third-order valence-corrected chi connectivity index (χ3v) is 4.29. The van der Waals surface area contributed by atoms with Crippen LogP contribution in [-0.4, -0.2) is 35.5 Å². The molecule has 22 heavy (non-hydrogen) atoms. The Hall–Kier alpha value is -1.56. The number of hydroxylamine groups is 2.